The fourth-order valence-corrected chi connectivity index (χ4v) is 3.92. The second-order valence-electron chi connectivity index (χ2n) is 5.65. The molecule has 1 aliphatic carbocycles. The molecule has 0 N–H and O–H groups in total. The molecule has 0 spiro atoms. The predicted molar refractivity (Wildman–Crippen MR) is 85.9 cm³/mol. The van der Waals surface area contributed by atoms with E-state index < -0.39 is 0 Å². The first-order valence-corrected chi connectivity index (χ1v) is 7.68. The number of hydrogen-bond acceptors (Lipinski definition) is 0. The average molecular weight is 315 g/mol. The van der Waals surface area contributed by atoms with Crippen LogP contribution < -0.4 is 0 Å². The molecular formula is C18H19Br. The largest absolute Gasteiger partial charge is 0.0617 e. The van der Waals surface area contributed by atoms with E-state index in [1.807, 2.05) is 0 Å². The number of rotatable bonds is 0. The van der Waals surface area contributed by atoms with E-state index in [1.165, 1.54) is 55.4 Å². The summed E-state index contributed by atoms with van der Waals surface area (Å²) in [4.78, 5) is 0. The molecule has 0 bridgehead atoms. The lowest BCUT2D eigenvalue weighted by Gasteiger charge is -2.27. The van der Waals surface area contributed by atoms with E-state index >= 15 is 0 Å². The molecule has 0 saturated carbocycles. The van der Waals surface area contributed by atoms with Crippen molar-refractivity contribution in [1.29, 1.82) is 0 Å². The molecule has 2 aromatic rings. The van der Waals surface area contributed by atoms with Gasteiger partial charge in [0.1, 0.15) is 0 Å². The molecule has 0 fully saturated rings. The molecule has 0 heterocycles. The van der Waals surface area contributed by atoms with Crippen LogP contribution in [0.3, 0.4) is 0 Å². The van der Waals surface area contributed by atoms with Crippen LogP contribution in [0, 0.1) is 27.7 Å². The van der Waals surface area contributed by atoms with E-state index in [1.54, 1.807) is 0 Å². The Labute approximate surface area is 124 Å². The minimum atomic E-state index is 1.16. The SMILES string of the molecule is Cc1cccc2c1-c1c(C)c(C)c(Br)c(C)c1CC2. The van der Waals surface area contributed by atoms with Gasteiger partial charge < -0.3 is 0 Å². The topological polar surface area (TPSA) is 0 Å². The van der Waals surface area contributed by atoms with Gasteiger partial charge in [-0.3, -0.25) is 0 Å². The number of aryl methyl sites for hydroxylation is 2. The van der Waals surface area contributed by atoms with Gasteiger partial charge in [-0.15, -0.1) is 0 Å². The molecule has 3 rings (SSSR count). The van der Waals surface area contributed by atoms with E-state index in [4.69, 9.17) is 0 Å². The Kier molecular flexibility index (Phi) is 3.05. The fourth-order valence-electron chi connectivity index (χ4n) is 3.38. The normalized spacial score (nSPS) is 13.1. The first-order chi connectivity index (χ1) is 9.02. The zero-order chi connectivity index (χ0) is 13.7. The van der Waals surface area contributed by atoms with Crippen LogP contribution in [0.5, 0.6) is 0 Å². The van der Waals surface area contributed by atoms with Crippen LogP contribution in [-0.4, -0.2) is 0 Å². The number of hydrogen-bond donors (Lipinski definition) is 0. The molecule has 0 amide bonds. The molecule has 0 aromatic heterocycles. The molecule has 0 aliphatic heterocycles. The van der Waals surface area contributed by atoms with Gasteiger partial charge in [-0.05, 0) is 85.0 Å². The summed E-state index contributed by atoms with van der Waals surface area (Å²) in [6.07, 6.45) is 2.33. The third kappa shape index (κ3) is 1.79. The summed E-state index contributed by atoms with van der Waals surface area (Å²) in [6.45, 7) is 8.97. The molecule has 19 heavy (non-hydrogen) atoms. The summed E-state index contributed by atoms with van der Waals surface area (Å²) in [6, 6.07) is 6.71. The Hall–Kier alpha value is -1.08. The van der Waals surface area contributed by atoms with Crippen LogP contribution in [-0.2, 0) is 12.8 Å². The van der Waals surface area contributed by atoms with Gasteiger partial charge in [0.25, 0.3) is 0 Å². The van der Waals surface area contributed by atoms with Crippen LogP contribution in [0.15, 0.2) is 22.7 Å². The van der Waals surface area contributed by atoms with Crippen molar-refractivity contribution >= 4 is 15.9 Å². The van der Waals surface area contributed by atoms with Gasteiger partial charge in [0.2, 0.25) is 0 Å². The summed E-state index contributed by atoms with van der Waals surface area (Å²) in [5, 5.41) is 0. The van der Waals surface area contributed by atoms with Gasteiger partial charge in [-0.1, -0.05) is 34.1 Å². The molecule has 1 heteroatoms. The number of fused-ring (bicyclic) bond motifs is 3. The molecule has 0 radical (unpaired) electrons. The Balaban J connectivity index is 2.45. The van der Waals surface area contributed by atoms with Crippen LogP contribution >= 0.6 is 15.9 Å². The first kappa shape index (κ1) is 12.9. The van der Waals surface area contributed by atoms with Crippen molar-refractivity contribution in [1.82, 2.24) is 0 Å². The first-order valence-electron chi connectivity index (χ1n) is 6.89. The van der Waals surface area contributed by atoms with E-state index in [-0.39, 0.29) is 0 Å². The minimum Gasteiger partial charge on any atom is -0.0617 e. The highest BCUT2D eigenvalue weighted by Crippen LogP contribution is 2.43. The summed E-state index contributed by atoms with van der Waals surface area (Å²) >= 11 is 3.77. The van der Waals surface area contributed by atoms with Gasteiger partial charge in [0, 0.05) is 4.47 Å². The van der Waals surface area contributed by atoms with Gasteiger partial charge >= 0.3 is 0 Å². The van der Waals surface area contributed by atoms with E-state index in [2.05, 4.69) is 61.8 Å². The lowest BCUT2D eigenvalue weighted by molar-refractivity contribution is 0.919. The Morgan fingerprint density at radius 1 is 0.842 bits per heavy atom. The highest BCUT2D eigenvalue weighted by atomic mass is 79.9. The molecule has 0 saturated heterocycles. The molecular weight excluding hydrogens is 296 g/mol. The number of halogens is 1. The highest BCUT2D eigenvalue weighted by molar-refractivity contribution is 9.10. The van der Waals surface area contributed by atoms with Crippen LogP contribution in [0.1, 0.15) is 33.4 Å². The van der Waals surface area contributed by atoms with Gasteiger partial charge in [0.05, 0.1) is 0 Å². The summed E-state index contributed by atoms with van der Waals surface area (Å²) in [5.74, 6) is 0. The molecule has 0 unspecified atom stereocenters. The lowest BCUT2D eigenvalue weighted by Crippen LogP contribution is -2.10. The van der Waals surface area contributed by atoms with Crippen molar-refractivity contribution in [2.45, 2.75) is 40.5 Å². The minimum absolute atomic E-state index is 1.16. The van der Waals surface area contributed by atoms with Gasteiger partial charge in [-0.25, -0.2) is 0 Å². The second-order valence-corrected chi connectivity index (χ2v) is 6.44. The Bertz CT molecular complexity index is 681. The van der Waals surface area contributed by atoms with Crippen molar-refractivity contribution in [2.24, 2.45) is 0 Å². The summed E-state index contributed by atoms with van der Waals surface area (Å²) in [7, 11) is 0. The maximum absolute atomic E-state index is 3.77. The van der Waals surface area contributed by atoms with Gasteiger partial charge in [0.15, 0.2) is 0 Å². The molecule has 98 valence electrons. The third-order valence-electron chi connectivity index (χ3n) is 4.60. The molecule has 0 nitrogen and oxygen atoms in total. The number of benzene rings is 2. The zero-order valence-corrected chi connectivity index (χ0v) is 13.6. The second kappa shape index (κ2) is 4.49. The maximum Gasteiger partial charge on any atom is 0.0239 e. The van der Waals surface area contributed by atoms with Crippen molar-refractivity contribution in [3.05, 3.63) is 56.1 Å². The maximum atomic E-state index is 3.77. The fraction of sp³-hybridized carbons (Fsp3) is 0.333. The zero-order valence-electron chi connectivity index (χ0n) is 12.0. The van der Waals surface area contributed by atoms with Crippen molar-refractivity contribution in [2.75, 3.05) is 0 Å². The van der Waals surface area contributed by atoms with Crippen molar-refractivity contribution in [3.63, 3.8) is 0 Å². The summed E-state index contributed by atoms with van der Waals surface area (Å²) in [5.41, 5.74) is 11.7. The molecule has 1 aliphatic rings. The van der Waals surface area contributed by atoms with Crippen molar-refractivity contribution in [3.8, 4) is 11.1 Å². The summed E-state index contributed by atoms with van der Waals surface area (Å²) < 4.78 is 1.29. The monoisotopic (exact) mass is 314 g/mol. The predicted octanol–water partition coefficient (Wildman–Crippen LogP) is 5.45. The van der Waals surface area contributed by atoms with E-state index in [9.17, 15) is 0 Å². The molecule has 0 atom stereocenters. The quantitative estimate of drug-likeness (QED) is 0.606. The van der Waals surface area contributed by atoms with Crippen LogP contribution in [0.25, 0.3) is 11.1 Å². The van der Waals surface area contributed by atoms with Crippen LogP contribution in [0.2, 0.25) is 0 Å². The average Bonchev–Trinajstić information content (AvgIpc) is 2.42. The Morgan fingerprint density at radius 2 is 1.58 bits per heavy atom. The van der Waals surface area contributed by atoms with E-state index in [0.29, 0.717) is 0 Å². The van der Waals surface area contributed by atoms with Crippen molar-refractivity contribution < 1.29 is 0 Å². The van der Waals surface area contributed by atoms with Gasteiger partial charge in [-0.2, -0.15) is 0 Å². The third-order valence-corrected chi connectivity index (χ3v) is 5.79. The smallest absolute Gasteiger partial charge is 0.0239 e. The molecule has 2 aromatic carbocycles. The Morgan fingerprint density at radius 3 is 2.32 bits per heavy atom. The van der Waals surface area contributed by atoms with Crippen LogP contribution in [0.4, 0.5) is 0 Å². The highest BCUT2D eigenvalue weighted by Gasteiger charge is 2.23. The lowest BCUT2D eigenvalue weighted by atomic mass is 9.78. The standard InChI is InChI=1S/C18H19Br/c1-10-6-5-7-14-8-9-15-13(4)18(19)12(3)11(2)17(15)16(10)14/h5-7H,8-9H2,1-4H3. The van der Waals surface area contributed by atoms with E-state index in [0.717, 1.165) is 6.42 Å².